The van der Waals surface area contributed by atoms with Crippen LogP contribution in [0.2, 0.25) is 0 Å². The molecule has 0 saturated carbocycles. The van der Waals surface area contributed by atoms with Crippen molar-refractivity contribution in [3.63, 3.8) is 0 Å². The van der Waals surface area contributed by atoms with E-state index in [-0.39, 0.29) is 24.8 Å². The van der Waals surface area contributed by atoms with Gasteiger partial charge in [-0.05, 0) is 37.6 Å². The van der Waals surface area contributed by atoms with Gasteiger partial charge >= 0.3 is 0 Å². The van der Waals surface area contributed by atoms with E-state index in [4.69, 9.17) is 9.47 Å². The van der Waals surface area contributed by atoms with Gasteiger partial charge in [0.05, 0.1) is 26.2 Å². The molecule has 6 nitrogen and oxygen atoms in total. The van der Waals surface area contributed by atoms with Gasteiger partial charge in [-0.3, -0.25) is 9.59 Å². The fraction of sp³-hybridized carbons (Fsp3) is 0.333. The van der Waals surface area contributed by atoms with Crippen LogP contribution < -0.4 is 14.8 Å². The Morgan fingerprint density at radius 1 is 1.04 bits per heavy atom. The van der Waals surface area contributed by atoms with E-state index in [1.54, 1.807) is 36.4 Å². The predicted octanol–water partition coefficient (Wildman–Crippen LogP) is 3.26. The average Bonchev–Trinajstić information content (AvgIpc) is 2.66. The molecule has 2 amide bonds. The van der Waals surface area contributed by atoms with Gasteiger partial charge in [-0.1, -0.05) is 18.2 Å². The van der Waals surface area contributed by atoms with E-state index in [2.05, 4.69) is 5.32 Å². The quantitative estimate of drug-likeness (QED) is 0.716. The second-order valence-corrected chi connectivity index (χ2v) is 6.09. The lowest BCUT2D eigenvalue weighted by Gasteiger charge is -2.18. The fourth-order valence-electron chi connectivity index (χ4n) is 2.57. The highest BCUT2D eigenvalue weighted by Crippen LogP contribution is 2.30. The Balaban J connectivity index is 1.96. The highest BCUT2D eigenvalue weighted by atomic mass is 19.1. The largest absolute Gasteiger partial charge is 0.490 e. The first-order valence-corrected chi connectivity index (χ1v) is 9.11. The van der Waals surface area contributed by atoms with E-state index in [0.29, 0.717) is 36.0 Å². The molecule has 2 aromatic carbocycles. The minimum absolute atomic E-state index is 0.103. The third-order valence-electron chi connectivity index (χ3n) is 3.93. The zero-order chi connectivity index (χ0) is 20.5. The number of halogens is 1. The number of likely N-dealkylation sites (N-methyl/N-ethyl adjacent to an activating group) is 1. The Bertz CT molecular complexity index is 826. The SMILES string of the molecule is CCOc1ccc(NC(=O)CN(C)C(=O)Cc2ccccc2F)cc1OCC. The second kappa shape index (κ2) is 10.3. The van der Waals surface area contributed by atoms with Crippen LogP contribution in [-0.2, 0) is 16.0 Å². The van der Waals surface area contributed by atoms with Crippen LogP contribution >= 0.6 is 0 Å². The van der Waals surface area contributed by atoms with Gasteiger partial charge in [-0.25, -0.2) is 4.39 Å². The molecule has 2 aromatic rings. The Morgan fingerprint density at radius 3 is 2.39 bits per heavy atom. The monoisotopic (exact) mass is 388 g/mol. The van der Waals surface area contributed by atoms with E-state index >= 15 is 0 Å². The van der Waals surface area contributed by atoms with Gasteiger partial charge in [0.15, 0.2) is 11.5 Å². The Morgan fingerprint density at radius 2 is 1.71 bits per heavy atom. The molecule has 0 fully saturated rings. The lowest BCUT2D eigenvalue weighted by Crippen LogP contribution is -2.35. The highest BCUT2D eigenvalue weighted by molar-refractivity contribution is 5.95. The highest BCUT2D eigenvalue weighted by Gasteiger charge is 2.16. The minimum atomic E-state index is -0.438. The van der Waals surface area contributed by atoms with Crippen molar-refractivity contribution in [1.29, 1.82) is 0 Å². The molecule has 150 valence electrons. The topological polar surface area (TPSA) is 67.9 Å². The third-order valence-corrected chi connectivity index (χ3v) is 3.93. The Kier molecular flexibility index (Phi) is 7.80. The molecule has 0 aliphatic heterocycles. The number of rotatable bonds is 9. The summed E-state index contributed by atoms with van der Waals surface area (Å²) >= 11 is 0. The normalized spacial score (nSPS) is 10.3. The standard InChI is InChI=1S/C21H25FN2O4/c1-4-27-18-11-10-16(13-19(18)28-5-2)23-20(25)14-24(3)21(26)12-15-8-6-7-9-17(15)22/h6-11,13H,4-5,12,14H2,1-3H3,(H,23,25). The van der Waals surface area contributed by atoms with Crippen LogP contribution in [0.5, 0.6) is 11.5 Å². The summed E-state index contributed by atoms with van der Waals surface area (Å²) in [4.78, 5) is 25.8. The first-order chi connectivity index (χ1) is 13.4. The van der Waals surface area contributed by atoms with E-state index in [9.17, 15) is 14.0 Å². The summed E-state index contributed by atoms with van der Waals surface area (Å²) in [6, 6.07) is 11.2. The summed E-state index contributed by atoms with van der Waals surface area (Å²) in [6.45, 7) is 4.55. The van der Waals surface area contributed by atoms with Crippen LogP contribution in [0.15, 0.2) is 42.5 Å². The van der Waals surface area contributed by atoms with Gasteiger partial charge < -0.3 is 19.7 Å². The predicted molar refractivity (Wildman–Crippen MR) is 105 cm³/mol. The molecule has 1 N–H and O–H groups in total. The third kappa shape index (κ3) is 5.97. The number of benzene rings is 2. The van der Waals surface area contributed by atoms with Crippen molar-refractivity contribution >= 4 is 17.5 Å². The molecule has 7 heteroatoms. The number of hydrogen-bond acceptors (Lipinski definition) is 4. The van der Waals surface area contributed by atoms with Crippen molar-refractivity contribution < 1.29 is 23.5 Å². The lowest BCUT2D eigenvalue weighted by atomic mass is 10.1. The van der Waals surface area contributed by atoms with E-state index in [0.717, 1.165) is 0 Å². The molecule has 0 aliphatic carbocycles. The molecule has 0 heterocycles. The molecule has 2 rings (SSSR count). The fourth-order valence-corrected chi connectivity index (χ4v) is 2.57. The zero-order valence-electron chi connectivity index (χ0n) is 16.3. The molecule has 28 heavy (non-hydrogen) atoms. The van der Waals surface area contributed by atoms with Gasteiger partial charge in [0, 0.05) is 18.8 Å². The second-order valence-electron chi connectivity index (χ2n) is 6.09. The summed E-state index contributed by atoms with van der Waals surface area (Å²) in [6.07, 6.45) is -0.103. The molecular formula is C21H25FN2O4. The minimum Gasteiger partial charge on any atom is -0.490 e. The molecule has 0 saturated heterocycles. The Labute approximate surface area is 164 Å². The molecule has 0 atom stereocenters. The first-order valence-electron chi connectivity index (χ1n) is 9.11. The maximum Gasteiger partial charge on any atom is 0.243 e. The van der Waals surface area contributed by atoms with Crippen molar-refractivity contribution in [1.82, 2.24) is 4.90 Å². The van der Waals surface area contributed by atoms with E-state index < -0.39 is 5.82 Å². The number of carbonyl (C=O) groups excluding carboxylic acids is 2. The van der Waals surface area contributed by atoms with Crippen LogP contribution in [0.25, 0.3) is 0 Å². The maximum absolute atomic E-state index is 13.7. The van der Waals surface area contributed by atoms with E-state index in [1.165, 1.54) is 18.0 Å². The number of hydrogen-bond donors (Lipinski definition) is 1. The summed E-state index contributed by atoms with van der Waals surface area (Å²) in [5, 5.41) is 2.73. The molecule has 0 bridgehead atoms. The van der Waals surface area contributed by atoms with Crippen molar-refractivity contribution in [2.24, 2.45) is 0 Å². The van der Waals surface area contributed by atoms with Gasteiger partial charge in [0.2, 0.25) is 11.8 Å². The molecule has 0 unspecified atom stereocenters. The van der Waals surface area contributed by atoms with Crippen molar-refractivity contribution in [2.75, 3.05) is 32.1 Å². The summed E-state index contributed by atoms with van der Waals surface area (Å²) in [5.74, 6) is -0.0184. The number of ether oxygens (including phenoxy) is 2. The number of anilines is 1. The van der Waals surface area contributed by atoms with Crippen LogP contribution in [0.4, 0.5) is 10.1 Å². The van der Waals surface area contributed by atoms with Crippen LogP contribution in [0.3, 0.4) is 0 Å². The van der Waals surface area contributed by atoms with Crippen molar-refractivity contribution in [3.8, 4) is 11.5 Å². The number of nitrogens with zero attached hydrogens (tertiary/aromatic N) is 1. The van der Waals surface area contributed by atoms with Gasteiger partial charge in [0.25, 0.3) is 0 Å². The van der Waals surface area contributed by atoms with Gasteiger partial charge in [-0.15, -0.1) is 0 Å². The zero-order valence-corrected chi connectivity index (χ0v) is 16.3. The lowest BCUT2D eigenvalue weighted by molar-refractivity contribution is -0.132. The van der Waals surface area contributed by atoms with Crippen molar-refractivity contribution in [3.05, 3.63) is 53.8 Å². The summed E-state index contributed by atoms with van der Waals surface area (Å²) in [5.41, 5.74) is 0.833. The van der Waals surface area contributed by atoms with Crippen LogP contribution in [0, 0.1) is 5.82 Å². The molecule has 0 radical (unpaired) electrons. The van der Waals surface area contributed by atoms with Crippen LogP contribution in [0.1, 0.15) is 19.4 Å². The molecular weight excluding hydrogens is 363 g/mol. The summed E-state index contributed by atoms with van der Waals surface area (Å²) < 4.78 is 24.7. The smallest absolute Gasteiger partial charge is 0.243 e. The van der Waals surface area contributed by atoms with Crippen LogP contribution in [-0.4, -0.2) is 43.5 Å². The molecule has 0 aliphatic rings. The van der Waals surface area contributed by atoms with Crippen molar-refractivity contribution in [2.45, 2.75) is 20.3 Å². The maximum atomic E-state index is 13.7. The first kappa shape index (κ1) is 21.2. The average molecular weight is 388 g/mol. The number of carbonyl (C=O) groups is 2. The summed E-state index contributed by atoms with van der Waals surface area (Å²) in [7, 11) is 1.51. The number of nitrogens with one attached hydrogen (secondary N) is 1. The molecule has 0 aromatic heterocycles. The van der Waals surface area contributed by atoms with Gasteiger partial charge in [-0.2, -0.15) is 0 Å². The van der Waals surface area contributed by atoms with Gasteiger partial charge in [0.1, 0.15) is 5.82 Å². The molecule has 0 spiro atoms. The Hall–Kier alpha value is -3.09. The number of amides is 2. The van der Waals surface area contributed by atoms with E-state index in [1.807, 2.05) is 13.8 Å².